The topological polar surface area (TPSA) is 57.7 Å². The van der Waals surface area contributed by atoms with Crippen LogP contribution in [0.25, 0.3) is 0 Å². The van der Waals surface area contributed by atoms with Crippen LogP contribution in [0.5, 0.6) is 0 Å². The van der Waals surface area contributed by atoms with Crippen molar-refractivity contribution in [3.05, 3.63) is 60.2 Å². The number of anilines is 1. The molecule has 0 saturated heterocycles. The zero-order chi connectivity index (χ0) is 19.7. The molecule has 2 aromatic rings. The molecule has 0 N–H and O–H groups in total. The van der Waals surface area contributed by atoms with Gasteiger partial charge in [0.25, 0.3) is 15.9 Å². The van der Waals surface area contributed by atoms with Crippen molar-refractivity contribution in [3.8, 4) is 0 Å². The van der Waals surface area contributed by atoms with Crippen LogP contribution in [0.15, 0.2) is 59.5 Å². The third-order valence-corrected chi connectivity index (χ3v) is 6.80. The number of nitrogens with zero attached hydrogens (tertiary/aromatic N) is 2. The van der Waals surface area contributed by atoms with Crippen molar-refractivity contribution >= 4 is 21.6 Å². The molecule has 0 aromatic heterocycles. The average molecular weight is 390 g/mol. The van der Waals surface area contributed by atoms with E-state index in [1.54, 1.807) is 31.3 Å². The molecule has 1 aliphatic rings. The maximum absolute atomic E-state index is 14.2. The molecule has 0 spiro atoms. The summed E-state index contributed by atoms with van der Waals surface area (Å²) in [6.45, 7) is 0.0582. The third kappa shape index (κ3) is 3.98. The maximum atomic E-state index is 14.2. The number of alkyl halides is 1. The number of para-hydroxylation sites is 1. The highest BCUT2D eigenvalue weighted by Gasteiger charge is 2.39. The first kappa shape index (κ1) is 19.4. The molecule has 0 radical (unpaired) electrons. The van der Waals surface area contributed by atoms with Crippen LogP contribution >= 0.6 is 0 Å². The van der Waals surface area contributed by atoms with Gasteiger partial charge in [0, 0.05) is 19.7 Å². The highest BCUT2D eigenvalue weighted by atomic mass is 32.2. The summed E-state index contributed by atoms with van der Waals surface area (Å²) >= 11 is 0. The number of halogens is 1. The van der Waals surface area contributed by atoms with Crippen LogP contribution in [0.1, 0.15) is 29.6 Å². The van der Waals surface area contributed by atoms with E-state index in [9.17, 15) is 17.6 Å². The van der Waals surface area contributed by atoms with Crippen LogP contribution in [-0.2, 0) is 10.0 Å². The van der Waals surface area contributed by atoms with E-state index in [4.69, 9.17) is 0 Å². The summed E-state index contributed by atoms with van der Waals surface area (Å²) in [4.78, 5) is 13.9. The number of amides is 1. The molecule has 0 aliphatic heterocycles. The first-order chi connectivity index (χ1) is 12.7. The number of carbonyl (C=O) groups excluding carboxylic acids is 1. The maximum Gasteiger partial charge on any atom is 0.264 e. The van der Waals surface area contributed by atoms with Crippen molar-refractivity contribution in [2.75, 3.05) is 24.9 Å². The molecule has 1 saturated carbocycles. The lowest BCUT2D eigenvalue weighted by Crippen LogP contribution is -2.45. The second-order valence-electron chi connectivity index (χ2n) is 7.00. The van der Waals surface area contributed by atoms with Gasteiger partial charge in [-0.25, -0.2) is 12.8 Å². The lowest BCUT2D eigenvalue weighted by Gasteiger charge is -2.37. The number of carbonyl (C=O) groups is 1. The van der Waals surface area contributed by atoms with E-state index in [1.807, 2.05) is 6.07 Å². The highest BCUT2D eigenvalue weighted by Crippen LogP contribution is 2.36. The van der Waals surface area contributed by atoms with Gasteiger partial charge in [0.1, 0.15) is 5.67 Å². The number of hydrogen-bond donors (Lipinski definition) is 0. The van der Waals surface area contributed by atoms with Crippen molar-refractivity contribution in [1.29, 1.82) is 0 Å². The van der Waals surface area contributed by atoms with Gasteiger partial charge < -0.3 is 4.90 Å². The van der Waals surface area contributed by atoms with Crippen molar-refractivity contribution in [3.63, 3.8) is 0 Å². The molecule has 0 heterocycles. The first-order valence-corrected chi connectivity index (χ1v) is 10.3. The molecule has 27 heavy (non-hydrogen) atoms. The van der Waals surface area contributed by atoms with E-state index in [0.29, 0.717) is 24.1 Å². The normalized spacial score (nSPS) is 15.7. The predicted molar refractivity (Wildman–Crippen MR) is 103 cm³/mol. The van der Waals surface area contributed by atoms with E-state index in [-0.39, 0.29) is 17.3 Å². The minimum absolute atomic E-state index is 0.0582. The zero-order valence-electron chi connectivity index (χ0n) is 15.4. The molecule has 5 nitrogen and oxygen atoms in total. The van der Waals surface area contributed by atoms with Gasteiger partial charge in [0.2, 0.25) is 0 Å². The fourth-order valence-corrected chi connectivity index (χ4v) is 4.34. The SMILES string of the molecule is CN(CC1(F)CCC1)C(=O)c1ccc(S(=O)(=O)N(C)c2ccccc2)cc1. The Balaban J connectivity index is 1.75. The smallest absolute Gasteiger partial charge is 0.264 e. The van der Waals surface area contributed by atoms with E-state index in [2.05, 4.69) is 0 Å². The largest absolute Gasteiger partial charge is 0.339 e. The predicted octanol–water partition coefficient (Wildman–Crippen LogP) is 3.48. The van der Waals surface area contributed by atoms with Crippen molar-refractivity contribution in [2.24, 2.45) is 0 Å². The van der Waals surface area contributed by atoms with E-state index in [1.165, 1.54) is 40.5 Å². The highest BCUT2D eigenvalue weighted by molar-refractivity contribution is 7.92. The van der Waals surface area contributed by atoms with E-state index < -0.39 is 15.7 Å². The summed E-state index contributed by atoms with van der Waals surface area (Å²) in [7, 11) is -0.682. The number of benzene rings is 2. The molecule has 2 aromatic carbocycles. The van der Waals surface area contributed by atoms with Crippen LogP contribution in [0, 0.1) is 0 Å². The molecular formula is C20H23FN2O3S. The van der Waals surface area contributed by atoms with Gasteiger partial charge in [-0.2, -0.15) is 0 Å². The third-order valence-electron chi connectivity index (χ3n) is 5.00. The molecule has 144 valence electrons. The Labute approximate surface area is 159 Å². The minimum atomic E-state index is -3.73. The second-order valence-corrected chi connectivity index (χ2v) is 8.97. The van der Waals surface area contributed by atoms with Gasteiger partial charge >= 0.3 is 0 Å². The molecule has 1 amide bonds. The quantitative estimate of drug-likeness (QED) is 0.759. The summed E-state index contributed by atoms with van der Waals surface area (Å²) in [5, 5.41) is 0. The van der Waals surface area contributed by atoms with Crippen molar-refractivity contribution in [1.82, 2.24) is 4.90 Å². The Bertz CT molecular complexity index is 910. The molecular weight excluding hydrogens is 367 g/mol. The number of rotatable bonds is 6. The number of hydrogen-bond acceptors (Lipinski definition) is 3. The average Bonchev–Trinajstić information content (AvgIpc) is 2.66. The number of sulfonamides is 1. The minimum Gasteiger partial charge on any atom is -0.339 e. The molecule has 0 unspecified atom stereocenters. The van der Waals surface area contributed by atoms with Crippen LogP contribution in [0.4, 0.5) is 10.1 Å². The fourth-order valence-electron chi connectivity index (χ4n) is 3.14. The van der Waals surface area contributed by atoms with Gasteiger partial charge in [-0.3, -0.25) is 9.10 Å². The van der Waals surface area contributed by atoms with Gasteiger partial charge in [0.05, 0.1) is 17.1 Å². The Morgan fingerprint density at radius 2 is 1.63 bits per heavy atom. The van der Waals surface area contributed by atoms with Crippen molar-refractivity contribution < 1.29 is 17.6 Å². The van der Waals surface area contributed by atoms with Crippen LogP contribution in [0.2, 0.25) is 0 Å². The standard InChI is InChI=1S/C20H23FN2O3S/c1-22(15-20(21)13-6-14-20)19(24)16-9-11-18(12-10-16)27(25,26)23(2)17-7-4-3-5-8-17/h3-5,7-12H,6,13-15H2,1-2H3. The molecule has 0 atom stereocenters. The summed E-state index contributed by atoms with van der Waals surface area (Å²) in [6.07, 6.45) is 1.81. The fraction of sp³-hybridized carbons (Fsp3) is 0.350. The monoisotopic (exact) mass is 390 g/mol. The Morgan fingerprint density at radius 1 is 1.04 bits per heavy atom. The molecule has 1 aliphatic carbocycles. The second kappa shape index (κ2) is 7.31. The van der Waals surface area contributed by atoms with Gasteiger partial charge in [-0.05, 0) is 55.7 Å². The van der Waals surface area contributed by atoms with Gasteiger partial charge in [-0.15, -0.1) is 0 Å². The Hall–Kier alpha value is -2.41. The summed E-state index contributed by atoms with van der Waals surface area (Å²) in [5.41, 5.74) is -0.403. The zero-order valence-corrected chi connectivity index (χ0v) is 16.2. The summed E-state index contributed by atoms with van der Waals surface area (Å²) in [6, 6.07) is 14.5. The lowest BCUT2D eigenvalue weighted by molar-refractivity contribution is 0.0253. The molecule has 7 heteroatoms. The Kier molecular flexibility index (Phi) is 5.24. The van der Waals surface area contributed by atoms with E-state index in [0.717, 1.165) is 6.42 Å². The first-order valence-electron chi connectivity index (χ1n) is 8.81. The van der Waals surface area contributed by atoms with Gasteiger partial charge in [-0.1, -0.05) is 18.2 Å². The summed E-state index contributed by atoms with van der Waals surface area (Å²) in [5.74, 6) is -0.320. The lowest BCUT2D eigenvalue weighted by atomic mass is 9.81. The van der Waals surface area contributed by atoms with Crippen molar-refractivity contribution in [2.45, 2.75) is 29.8 Å². The Morgan fingerprint density at radius 3 is 2.15 bits per heavy atom. The van der Waals surface area contributed by atoms with Gasteiger partial charge in [0.15, 0.2) is 0 Å². The molecule has 1 fully saturated rings. The molecule has 3 rings (SSSR count). The van der Waals surface area contributed by atoms with E-state index >= 15 is 0 Å². The van der Waals surface area contributed by atoms with Crippen LogP contribution < -0.4 is 4.31 Å². The molecule has 0 bridgehead atoms. The van der Waals surface area contributed by atoms with Crippen LogP contribution in [0.3, 0.4) is 0 Å². The summed E-state index contributed by atoms with van der Waals surface area (Å²) < 4.78 is 40.9. The van der Waals surface area contributed by atoms with Crippen LogP contribution in [-0.4, -0.2) is 45.5 Å².